The van der Waals surface area contributed by atoms with E-state index >= 15 is 0 Å². The van der Waals surface area contributed by atoms with Gasteiger partial charge in [0.2, 0.25) is 0 Å². The quantitative estimate of drug-likeness (QED) is 0.646. The number of benzene rings is 2. The summed E-state index contributed by atoms with van der Waals surface area (Å²) in [4.78, 5) is 4.44. The van der Waals surface area contributed by atoms with E-state index < -0.39 is 0 Å². The molecule has 0 saturated carbocycles. The monoisotopic (exact) mass is 356 g/mol. The van der Waals surface area contributed by atoms with Gasteiger partial charge in [-0.25, -0.2) is 9.37 Å². The second kappa shape index (κ2) is 5.07. The average molecular weight is 358 g/mol. The Kier molecular flexibility index (Phi) is 3.43. The molecule has 0 radical (unpaired) electrons. The van der Waals surface area contributed by atoms with Crippen LogP contribution in [0.25, 0.3) is 10.2 Å². The van der Waals surface area contributed by atoms with Gasteiger partial charge in [-0.2, -0.15) is 0 Å². The SMILES string of the molecule is Fc1cc(Cl)cc(Nc2nc3cc(Br)ccc3s2)c1. The van der Waals surface area contributed by atoms with Crippen molar-refractivity contribution in [1.29, 1.82) is 0 Å². The van der Waals surface area contributed by atoms with E-state index in [1.807, 2.05) is 18.2 Å². The molecule has 19 heavy (non-hydrogen) atoms. The van der Waals surface area contributed by atoms with Crippen LogP contribution in [0.4, 0.5) is 15.2 Å². The maximum Gasteiger partial charge on any atom is 0.188 e. The molecular formula is C13H7BrClFN2S. The van der Waals surface area contributed by atoms with Crippen molar-refractivity contribution in [3.63, 3.8) is 0 Å². The fraction of sp³-hybridized carbons (Fsp3) is 0. The number of hydrogen-bond donors (Lipinski definition) is 1. The number of thiazole rings is 1. The lowest BCUT2D eigenvalue weighted by Gasteiger charge is -2.02. The molecule has 0 aliphatic carbocycles. The standard InChI is InChI=1S/C13H7BrClFN2S/c14-7-1-2-12-11(3-7)18-13(19-12)17-10-5-8(15)4-9(16)6-10/h1-6H,(H,17,18). The minimum Gasteiger partial charge on any atom is -0.331 e. The average Bonchev–Trinajstić information content (AvgIpc) is 2.68. The Morgan fingerprint density at radius 2 is 2.05 bits per heavy atom. The predicted molar refractivity (Wildman–Crippen MR) is 82.0 cm³/mol. The van der Waals surface area contributed by atoms with Crippen molar-refractivity contribution >= 4 is 59.9 Å². The summed E-state index contributed by atoms with van der Waals surface area (Å²) in [6, 6.07) is 10.2. The lowest BCUT2D eigenvalue weighted by Crippen LogP contribution is -1.90. The van der Waals surface area contributed by atoms with Crippen molar-refractivity contribution in [1.82, 2.24) is 4.98 Å². The van der Waals surface area contributed by atoms with Crippen molar-refractivity contribution in [3.8, 4) is 0 Å². The summed E-state index contributed by atoms with van der Waals surface area (Å²) < 4.78 is 15.3. The van der Waals surface area contributed by atoms with E-state index in [9.17, 15) is 4.39 Å². The molecule has 0 aliphatic heterocycles. The Morgan fingerprint density at radius 1 is 1.21 bits per heavy atom. The van der Waals surface area contributed by atoms with Crippen LogP contribution < -0.4 is 5.32 Å². The molecule has 0 spiro atoms. The normalized spacial score (nSPS) is 10.9. The van der Waals surface area contributed by atoms with Gasteiger partial charge in [0, 0.05) is 15.2 Å². The summed E-state index contributed by atoms with van der Waals surface area (Å²) in [6.45, 7) is 0. The Morgan fingerprint density at radius 3 is 2.84 bits per heavy atom. The molecule has 3 aromatic rings. The highest BCUT2D eigenvalue weighted by molar-refractivity contribution is 9.10. The van der Waals surface area contributed by atoms with Crippen LogP contribution in [0.15, 0.2) is 40.9 Å². The van der Waals surface area contributed by atoms with E-state index in [2.05, 4.69) is 26.2 Å². The highest BCUT2D eigenvalue weighted by atomic mass is 79.9. The summed E-state index contributed by atoms with van der Waals surface area (Å²) in [7, 11) is 0. The van der Waals surface area contributed by atoms with Gasteiger partial charge in [0.15, 0.2) is 5.13 Å². The summed E-state index contributed by atoms with van der Waals surface area (Å²) in [6.07, 6.45) is 0. The summed E-state index contributed by atoms with van der Waals surface area (Å²) in [5.74, 6) is -0.376. The number of nitrogens with zero attached hydrogens (tertiary/aromatic N) is 1. The molecule has 2 aromatic carbocycles. The minimum atomic E-state index is -0.376. The van der Waals surface area contributed by atoms with Gasteiger partial charge in [0.25, 0.3) is 0 Å². The zero-order chi connectivity index (χ0) is 13.4. The number of halogens is 3. The van der Waals surface area contributed by atoms with Gasteiger partial charge < -0.3 is 5.32 Å². The number of anilines is 2. The molecule has 3 rings (SSSR count). The molecule has 0 saturated heterocycles. The van der Waals surface area contributed by atoms with Gasteiger partial charge >= 0.3 is 0 Å². The van der Waals surface area contributed by atoms with Crippen molar-refractivity contribution in [2.75, 3.05) is 5.32 Å². The molecule has 96 valence electrons. The first-order valence-electron chi connectivity index (χ1n) is 5.39. The molecule has 0 amide bonds. The van der Waals surface area contributed by atoms with Gasteiger partial charge in [-0.3, -0.25) is 0 Å². The van der Waals surface area contributed by atoms with Crippen LogP contribution in [-0.2, 0) is 0 Å². The zero-order valence-corrected chi connectivity index (χ0v) is 12.6. The van der Waals surface area contributed by atoms with Crippen LogP contribution in [0.2, 0.25) is 5.02 Å². The zero-order valence-electron chi connectivity index (χ0n) is 9.45. The van der Waals surface area contributed by atoms with Crippen molar-refractivity contribution in [2.45, 2.75) is 0 Å². The van der Waals surface area contributed by atoms with Crippen molar-refractivity contribution in [3.05, 3.63) is 51.7 Å². The topological polar surface area (TPSA) is 24.9 Å². The number of rotatable bonds is 2. The Labute approximate surface area is 126 Å². The summed E-state index contributed by atoms with van der Waals surface area (Å²) in [5, 5.41) is 4.12. The minimum absolute atomic E-state index is 0.353. The third-order valence-corrected chi connectivity index (χ3v) is 4.13. The highest BCUT2D eigenvalue weighted by Crippen LogP contribution is 2.30. The molecule has 0 unspecified atom stereocenters. The number of aromatic nitrogens is 1. The van der Waals surface area contributed by atoms with E-state index in [1.54, 1.807) is 6.07 Å². The lowest BCUT2D eigenvalue weighted by molar-refractivity contribution is 0.628. The van der Waals surface area contributed by atoms with Crippen molar-refractivity contribution in [2.24, 2.45) is 0 Å². The Hall–Kier alpha value is -1.17. The van der Waals surface area contributed by atoms with Crippen LogP contribution in [0, 0.1) is 5.82 Å². The molecule has 0 aliphatic rings. The fourth-order valence-corrected chi connectivity index (χ4v) is 3.14. The van der Waals surface area contributed by atoms with E-state index in [1.165, 1.54) is 23.5 Å². The first kappa shape index (κ1) is 12.8. The Bertz CT molecular complexity index is 739. The van der Waals surface area contributed by atoms with E-state index in [0.29, 0.717) is 15.8 Å². The van der Waals surface area contributed by atoms with Gasteiger partial charge in [-0.05, 0) is 36.4 Å². The molecule has 1 heterocycles. The summed E-state index contributed by atoms with van der Waals surface area (Å²) in [5.41, 5.74) is 1.48. The highest BCUT2D eigenvalue weighted by Gasteiger charge is 2.06. The molecule has 0 fully saturated rings. The fourth-order valence-electron chi connectivity index (χ4n) is 1.70. The second-order valence-electron chi connectivity index (χ2n) is 3.91. The smallest absolute Gasteiger partial charge is 0.188 e. The third-order valence-electron chi connectivity index (χ3n) is 2.46. The van der Waals surface area contributed by atoms with Crippen LogP contribution in [0.1, 0.15) is 0 Å². The summed E-state index contributed by atoms with van der Waals surface area (Å²) >= 11 is 10.7. The number of hydrogen-bond acceptors (Lipinski definition) is 3. The largest absolute Gasteiger partial charge is 0.331 e. The van der Waals surface area contributed by atoms with E-state index in [-0.39, 0.29) is 5.82 Å². The van der Waals surface area contributed by atoms with Crippen LogP contribution in [0.3, 0.4) is 0 Å². The number of nitrogens with one attached hydrogen (secondary N) is 1. The molecule has 1 aromatic heterocycles. The Balaban J connectivity index is 1.96. The first-order chi connectivity index (χ1) is 9.10. The van der Waals surface area contributed by atoms with E-state index in [0.717, 1.165) is 14.7 Å². The molecule has 1 N–H and O–H groups in total. The van der Waals surface area contributed by atoms with E-state index in [4.69, 9.17) is 11.6 Å². The number of fused-ring (bicyclic) bond motifs is 1. The van der Waals surface area contributed by atoms with Gasteiger partial charge in [-0.15, -0.1) is 0 Å². The molecular weight excluding hydrogens is 351 g/mol. The van der Waals surface area contributed by atoms with Crippen LogP contribution in [0.5, 0.6) is 0 Å². The third kappa shape index (κ3) is 2.88. The maximum atomic E-state index is 13.2. The van der Waals surface area contributed by atoms with Crippen LogP contribution in [-0.4, -0.2) is 4.98 Å². The molecule has 6 heteroatoms. The lowest BCUT2D eigenvalue weighted by atomic mass is 10.3. The molecule has 0 atom stereocenters. The predicted octanol–water partition coefficient (Wildman–Crippen LogP) is 5.59. The first-order valence-corrected chi connectivity index (χ1v) is 7.38. The molecule has 0 bridgehead atoms. The second-order valence-corrected chi connectivity index (χ2v) is 6.30. The van der Waals surface area contributed by atoms with Crippen LogP contribution >= 0.6 is 38.9 Å². The maximum absolute atomic E-state index is 13.2. The van der Waals surface area contributed by atoms with Gasteiger partial charge in [0.1, 0.15) is 5.82 Å². The molecule has 2 nitrogen and oxygen atoms in total. The van der Waals surface area contributed by atoms with Crippen molar-refractivity contribution < 1.29 is 4.39 Å². The van der Waals surface area contributed by atoms with Gasteiger partial charge in [0.05, 0.1) is 10.2 Å². The van der Waals surface area contributed by atoms with Gasteiger partial charge in [-0.1, -0.05) is 38.9 Å².